The molecule has 8 aliphatic rings. The second kappa shape index (κ2) is 38.1. The van der Waals surface area contributed by atoms with Gasteiger partial charge in [0.2, 0.25) is 23.6 Å². The maximum atomic E-state index is 13.0. The third kappa shape index (κ3) is 19.7. The molecule has 8 rings (SSSR count). The topological polar surface area (TPSA) is 757 Å². The summed E-state index contributed by atoms with van der Waals surface area (Å²) < 4.78 is 87.8. The zero-order chi connectivity index (χ0) is 79.3. The van der Waals surface area contributed by atoms with Crippen molar-refractivity contribution in [2.75, 3.05) is 52.9 Å². The molecule has 0 unspecified atom stereocenters. The minimum absolute atomic E-state index is 0.828. The molecule has 0 aromatic rings. The second-order valence-electron chi connectivity index (χ2n) is 26.8. The number of aliphatic hydroxyl groups is 23. The Kier molecular flexibility index (Phi) is 31.5. The van der Waals surface area contributed by atoms with Crippen molar-refractivity contribution in [1.82, 2.24) is 21.3 Å². The molecule has 41 atom stereocenters. The van der Waals surface area contributed by atoms with Crippen LogP contribution in [0.1, 0.15) is 34.1 Å². The van der Waals surface area contributed by atoms with Crippen molar-refractivity contribution in [3.8, 4) is 0 Å². The number of carbonyl (C=O) groups excluding carboxylic acids is 4. The van der Waals surface area contributed by atoms with Gasteiger partial charge in [0.15, 0.2) is 44.0 Å². The first-order valence-corrected chi connectivity index (χ1v) is 33.7. The van der Waals surface area contributed by atoms with Crippen LogP contribution < -0.4 is 21.3 Å². The first-order chi connectivity index (χ1) is 50.4. The predicted molar refractivity (Wildman–Crippen MR) is 328 cm³/mol. The number of carboxylic acid groups (broad SMARTS) is 1. The molecule has 107 heavy (non-hydrogen) atoms. The summed E-state index contributed by atoms with van der Waals surface area (Å²) in [5.74, 6) is -8.60. The molecule has 4 amide bonds. The van der Waals surface area contributed by atoms with Gasteiger partial charge in [-0.1, -0.05) is 0 Å². The van der Waals surface area contributed by atoms with Crippen LogP contribution in [0.4, 0.5) is 0 Å². The number of carbonyl (C=O) groups is 5. The van der Waals surface area contributed by atoms with Crippen LogP contribution in [0.5, 0.6) is 0 Å². The largest absolute Gasteiger partial charge is 0.477 e. The smallest absolute Gasteiger partial charge is 0.364 e. The number of amides is 4. The molecule has 0 spiro atoms. The van der Waals surface area contributed by atoms with Crippen LogP contribution in [0.2, 0.25) is 0 Å². The third-order valence-corrected chi connectivity index (χ3v) is 19.2. The van der Waals surface area contributed by atoms with E-state index in [2.05, 4.69) is 21.3 Å². The lowest BCUT2D eigenvalue weighted by molar-refractivity contribution is -0.397. The number of nitrogens with one attached hydrogen (secondary N) is 4. The van der Waals surface area contributed by atoms with E-state index in [1.165, 1.54) is 0 Å². The SMILES string of the molecule is CC(=O)N[C@@H]1[C@@H](O)[C@H](O[C@@H]2O[C@H](CO[C@H]3O[C@H](CO)[C@@H](O)[C@H](O)[C@@H]3O[C@@H]3O[C@H](CO)[C@@H](O)[C@H](O)[C@H]3NC(C)=O)[C@@H](O)[C@H](O[C@H]3O[C@H](CO)[C@@H](O)[C@H](O)[C@@H]3O[C@@H]3O[C@H](CO)[C@@H](O[C@@H]4O[C@H](CO[C@]5(C(=O)O)C[C@H](O)[C@@H](NC(C)=O)[C@H]([C@H](O)[C@H](O)CO)O5)[C@H](O)[C@H](O)[C@H]4O)[C@H](O)[C@H]3NC(C)=O)[C@@H]2O)[C@@H](CO)O[C@H]1O. The summed E-state index contributed by atoms with van der Waals surface area (Å²) in [6, 6.07) is -7.15. The first-order valence-electron chi connectivity index (χ1n) is 33.7. The van der Waals surface area contributed by atoms with Crippen LogP contribution in [0.25, 0.3) is 0 Å². The minimum atomic E-state index is -3.06. The average Bonchev–Trinajstić information content (AvgIpc) is 0.769. The molecule has 48 heteroatoms. The zero-order valence-electron chi connectivity index (χ0n) is 57.4. The van der Waals surface area contributed by atoms with Gasteiger partial charge < -0.3 is 215 Å². The fourth-order valence-corrected chi connectivity index (χ4v) is 13.6. The molecule has 28 N–H and O–H groups in total. The molecular formula is C59H98N4O44. The highest BCUT2D eigenvalue weighted by atomic mass is 16.8. The van der Waals surface area contributed by atoms with Crippen LogP contribution in [0.15, 0.2) is 0 Å². The van der Waals surface area contributed by atoms with E-state index in [4.69, 9.17) is 71.1 Å². The molecule has 8 heterocycles. The quantitative estimate of drug-likeness (QED) is 0.0331. The monoisotopic (exact) mass is 1570 g/mol. The molecule has 0 saturated carbocycles. The van der Waals surface area contributed by atoms with Gasteiger partial charge in [0.05, 0.1) is 65.0 Å². The number of hydrogen-bond acceptors (Lipinski definition) is 43. The van der Waals surface area contributed by atoms with Gasteiger partial charge in [-0.05, 0) is 0 Å². The summed E-state index contributed by atoms with van der Waals surface area (Å²) in [4.78, 5) is 62.6. The van der Waals surface area contributed by atoms with E-state index in [9.17, 15) is 147 Å². The third-order valence-electron chi connectivity index (χ3n) is 19.2. The van der Waals surface area contributed by atoms with Crippen molar-refractivity contribution < 1.29 is 218 Å². The van der Waals surface area contributed by atoms with Gasteiger partial charge in [-0.2, -0.15) is 0 Å². The standard InChI is InChI=1S/C59H98N4O44/c1-14(70)60-27-18(74)5-59(58(91)92,107-47(27)31(76)19(75)6-64)94-13-26-35(80)40(85)43(88)54(101-26)102-46-24(11-69)99-53(30(39(46)84)63-17(4)73)106-50-42(87)34(79)22(9-67)98-57(50)104-48-36(81)25(100-55(44(48)89)103-45-23(10-68)95-51(90)28(38(45)83)61-15(2)71)12-93-56-49(41(86)33(78)21(8-66)97-56)105-52-29(62-16(3)72)37(82)32(77)20(7-65)96-52/h18-57,64-69,74-90H,5-13H2,1-4H3,(H,60,70)(H,61,71)(H,62,72)(H,63,73)(H,91,92)/t18-,19+,20+,21+,22+,23+,24+,25+,26+,27+,28+,29+,30+,31+,32+,33+,34+,35-,36+,37+,38+,39+,40-,41-,42-,43+,44-,45+,46+,47+,48-,49-,50-,51+,52-,53-,54-,55-,56-,57+,59+/m0/s1. The number of ether oxygens (including phenoxy) is 15. The number of carboxylic acids is 1. The van der Waals surface area contributed by atoms with Crippen molar-refractivity contribution in [2.45, 2.75) is 285 Å². The molecule has 0 aliphatic carbocycles. The number of aliphatic hydroxyl groups excluding tert-OH is 23. The first kappa shape index (κ1) is 88.4. The fourth-order valence-electron chi connectivity index (χ4n) is 13.6. The van der Waals surface area contributed by atoms with E-state index in [-0.39, 0.29) is 0 Å². The Bertz CT molecular complexity index is 2870. The lowest BCUT2D eigenvalue weighted by Gasteiger charge is -2.51. The molecule has 8 saturated heterocycles. The van der Waals surface area contributed by atoms with Gasteiger partial charge in [0, 0.05) is 34.1 Å². The van der Waals surface area contributed by atoms with Crippen LogP contribution in [0, 0.1) is 0 Å². The Morgan fingerprint density at radius 1 is 0.383 bits per heavy atom. The molecule has 8 aliphatic heterocycles. The minimum Gasteiger partial charge on any atom is -0.477 e. The Labute approximate surface area is 605 Å². The zero-order valence-corrected chi connectivity index (χ0v) is 57.4. The van der Waals surface area contributed by atoms with Gasteiger partial charge >= 0.3 is 5.97 Å². The second-order valence-corrected chi connectivity index (χ2v) is 26.8. The summed E-state index contributed by atoms with van der Waals surface area (Å²) >= 11 is 0. The van der Waals surface area contributed by atoms with Crippen molar-refractivity contribution in [2.24, 2.45) is 0 Å². The van der Waals surface area contributed by atoms with Crippen molar-refractivity contribution in [3.63, 3.8) is 0 Å². The summed E-state index contributed by atoms with van der Waals surface area (Å²) in [5.41, 5.74) is 0. The van der Waals surface area contributed by atoms with Gasteiger partial charge in [-0.3, -0.25) is 19.2 Å². The van der Waals surface area contributed by atoms with Crippen molar-refractivity contribution >= 4 is 29.6 Å². The fraction of sp³-hybridized carbons (Fsp3) is 0.915. The molecule has 48 nitrogen and oxygen atoms in total. The molecular weight excluding hydrogens is 1470 g/mol. The van der Waals surface area contributed by atoms with Crippen LogP contribution in [-0.2, 0) is 95.0 Å². The van der Waals surface area contributed by atoms with Gasteiger partial charge in [-0.15, -0.1) is 0 Å². The highest BCUT2D eigenvalue weighted by molar-refractivity contribution is 5.77. The average molecular weight is 1570 g/mol. The van der Waals surface area contributed by atoms with E-state index in [0.717, 1.165) is 27.7 Å². The maximum Gasteiger partial charge on any atom is 0.364 e. The Morgan fingerprint density at radius 3 is 1.26 bits per heavy atom. The van der Waals surface area contributed by atoms with E-state index < -0.39 is 340 Å². The molecule has 0 aromatic carbocycles. The highest BCUT2D eigenvalue weighted by Gasteiger charge is 2.61. The summed E-state index contributed by atoms with van der Waals surface area (Å²) in [6.07, 6.45) is -77.5. The van der Waals surface area contributed by atoms with E-state index in [0.29, 0.717) is 0 Å². The van der Waals surface area contributed by atoms with Gasteiger partial charge in [0.25, 0.3) is 5.79 Å². The van der Waals surface area contributed by atoms with E-state index >= 15 is 0 Å². The van der Waals surface area contributed by atoms with E-state index in [1.54, 1.807) is 0 Å². The molecule has 8 fully saturated rings. The summed E-state index contributed by atoms with van der Waals surface area (Å²) in [7, 11) is 0. The Balaban J connectivity index is 1.08. The lowest BCUT2D eigenvalue weighted by atomic mass is 9.88. The van der Waals surface area contributed by atoms with Gasteiger partial charge in [0.1, 0.15) is 189 Å². The van der Waals surface area contributed by atoms with Gasteiger partial charge in [-0.25, -0.2) is 4.79 Å². The van der Waals surface area contributed by atoms with Crippen molar-refractivity contribution in [3.05, 3.63) is 0 Å². The highest BCUT2D eigenvalue weighted by Crippen LogP contribution is 2.40. The Morgan fingerprint density at radius 2 is 0.766 bits per heavy atom. The maximum absolute atomic E-state index is 13.0. The predicted octanol–water partition coefficient (Wildman–Crippen LogP) is -18.7. The lowest BCUT2D eigenvalue weighted by Crippen LogP contribution is -2.70. The number of rotatable bonds is 29. The normalized spacial score (nSPS) is 46.9. The molecule has 0 radical (unpaired) electrons. The Hall–Kier alpha value is -4.17. The molecule has 0 aromatic heterocycles. The van der Waals surface area contributed by atoms with Crippen LogP contribution in [-0.4, -0.2) is 456 Å². The summed E-state index contributed by atoms with van der Waals surface area (Å²) in [5, 5.41) is 274. The van der Waals surface area contributed by atoms with Crippen molar-refractivity contribution in [1.29, 1.82) is 0 Å². The summed E-state index contributed by atoms with van der Waals surface area (Å²) in [6.45, 7) is -5.10. The number of aliphatic carboxylic acids is 1. The molecule has 0 bridgehead atoms. The van der Waals surface area contributed by atoms with Crippen LogP contribution >= 0.6 is 0 Å². The van der Waals surface area contributed by atoms with Crippen LogP contribution in [0.3, 0.4) is 0 Å². The number of hydrogen-bond donors (Lipinski definition) is 28. The molecule has 618 valence electrons. The van der Waals surface area contributed by atoms with E-state index in [1.807, 2.05) is 0 Å².